The normalized spacial score (nSPS) is 11.9. The zero-order valence-corrected chi connectivity index (χ0v) is 11.2. The molecule has 0 saturated heterocycles. The molecule has 4 heteroatoms. The van der Waals surface area contributed by atoms with Gasteiger partial charge >= 0.3 is 0 Å². The third kappa shape index (κ3) is 3.03. The van der Waals surface area contributed by atoms with E-state index >= 15 is 0 Å². The summed E-state index contributed by atoms with van der Waals surface area (Å²) in [5.74, 6) is 1.50. The van der Waals surface area contributed by atoms with E-state index < -0.39 is 0 Å². The molecule has 1 heterocycles. The van der Waals surface area contributed by atoms with Gasteiger partial charge in [-0.15, -0.1) is 0 Å². The molecule has 1 unspecified atom stereocenters. The van der Waals surface area contributed by atoms with Gasteiger partial charge in [-0.05, 0) is 36.8 Å². The fourth-order valence-corrected chi connectivity index (χ4v) is 1.93. The Kier molecular flexibility index (Phi) is 4.36. The van der Waals surface area contributed by atoms with Gasteiger partial charge in [0.05, 0.1) is 19.8 Å². The Balaban J connectivity index is 2.32. The number of nitrogens with two attached hydrogens (primary N) is 1. The Hall–Kier alpha value is -2.07. The number of rotatable bonds is 5. The van der Waals surface area contributed by atoms with Crippen molar-refractivity contribution in [2.45, 2.75) is 13.0 Å². The molecule has 1 aromatic heterocycles. The number of nitrogens with zero attached hydrogens (tertiary/aromatic N) is 1. The lowest BCUT2D eigenvalue weighted by Crippen LogP contribution is -2.14. The van der Waals surface area contributed by atoms with Crippen LogP contribution in [0, 0.1) is 0 Å². The van der Waals surface area contributed by atoms with Crippen molar-refractivity contribution in [1.82, 2.24) is 4.98 Å². The lowest BCUT2D eigenvalue weighted by molar-refractivity contribution is 0.339. The van der Waals surface area contributed by atoms with E-state index in [4.69, 9.17) is 15.2 Å². The summed E-state index contributed by atoms with van der Waals surface area (Å²) >= 11 is 0. The van der Waals surface area contributed by atoms with E-state index in [1.54, 1.807) is 13.3 Å². The van der Waals surface area contributed by atoms with Gasteiger partial charge in [0, 0.05) is 6.20 Å². The molecule has 2 aromatic rings. The van der Waals surface area contributed by atoms with E-state index in [0.29, 0.717) is 12.4 Å². The number of hydrogen-bond acceptors (Lipinski definition) is 4. The maximum absolute atomic E-state index is 6.26. The van der Waals surface area contributed by atoms with Gasteiger partial charge in [-0.2, -0.15) is 0 Å². The van der Waals surface area contributed by atoms with Gasteiger partial charge in [0.1, 0.15) is 17.2 Å². The van der Waals surface area contributed by atoms with Crippen LogP contribution >= 0.6 is 0 Å². The zero-order valence-electron chi connectivity index (χ0n) is 11.2. The van der Waals surface area contributed by atoms with Crippen molar-refractivity contribution in [1.29, 1.82) is 0 Å². The monoisotopic (exact) mass is 258 g/mol. The first-order valence-electron chi connectivity index (χ1n) is 6.23. The van der Waals surface area contributed by atoms with Crippen LogP contribution in [0.3, 0.4) is 0 Å². The molecule has 100 valence electrons. The van der Waals surface area contributed by atoms with E-state index in [9.17, 15) is 0 Å². The van der Waals surface area contributed by atoms with Crippen molar-refractivity contribution in [3.05, 3.63) is 53.9 Å². The Bertz CT molecular complexity index is 543. The van der Waals surface area contributed by atoms with Crippen LogP contribution in [0.25, 0.3) is 0 Å². The summed E-state index contributed by atoms with van der Waals surface area (Å²) in [6.07, 6.45) is 1.71. The molecule has 2 N–H and O–H groups in total. The lowest BCUT2D eigenvalue weighted by atomic mass is 10.0. The van der Waals surface area contributed by atoms with Gasteiger partial charge in [0.25, 0.3) is 0 Å². The quantitative estimate of drug-likeness (QED) is 0.895. The first kappa shape index (κ1) is 13.4. The fraction of sp³-hybridized carbons (Fsp3) is 0.267. The molecule has 1 atom stereocenters. The lowest BCUT2D eigenvalue weighted by Gasteiger charge is -2.15. The zero-order chi connectivity index (χ0) is 13.7. The van der Waals surface area contributed by atoms with Crippen molar-refractivity contribution < 1.29 is 9.47 Å². The van der Waals surface area contributed by atoms with Crippen molar-refractivity contribution >= 4 is 0 Å². The van der Waals surface area contributed by atoms with Crippen LogP contribution in [0.2, 0.25) is 0 Å². The van der Waals surface area contributed by atoms with Gasteiger partial charge in [0.2, 0.25) is 0 Å². The highest BCUT2D eigenvalue weighted by Gasteiger charge is 2.15. The number of benzene rings is 1. The van der Waals surface area contributed by atoms with E-state index in [1.807, 2.05) is 43.3 Å². The molecular formula is C15H18N2O2. The van der Waals surface area contributed by atoms with Crippen molar-refractivity contribution in [3.8, 4) is 11.5 Å². The maximum Gasteiger partial charge on any atom is 0.142 e. The molecule has 0 fully saturated rings. The molecule has 0 amide bonds. The topological polar surface area (TPSA) is 57.4 Å². The Morgan fingerprint density at radius 1 is 1.26 bits per heavy atom. The minimum absolute atomic E-state index is 0.337. The molecule has 1 aromatic carbocycles. The maximum atomic E-state index is 6.26. The van der Waals surface area contributed by atoms with Crippen LogP contribution in [0.1, 0.15) is 24.2 Å². The van der Waals surface area contributed by atoms with E-state index in [-0.39, 0.29) is 6.04 Å². The largest absolute Gasteiger partial charge is 0.495 e. The second kappa shape index (κ2) is 6.20. The Morgan fingerprint density at radius 3 is 2.84 bits per heavy atom. The van der Waals surface area contributed by atoms with Crippen LogP contribution in [-0.4, -0.2) is 18.7 Å². The third-order valence-electron chi connectivity index (χ3n) is 2.84. The van der Waals surface area contributed by atoms with E-state index in [1.165, 1.54) is 0 Å². The summed E-state index contributed by atoms with van der Waals surface area (Å²) in [5, 5.41) is 0. The van der Waals surface area contributed by atoms with E-state index in [2.05, 4.69) is 4.98 Å². The minimum Gasteiger partial charge on any atom is -0.495 e. The minimum atomic E-state index is -0.337. The van der Waals surface area contributed by atoms with Gasteiger partial charge in [0.15, 0.2) is 0 Å². The number of aromatic nitrogens is 1. The predicted octanol–water partition coefficient (Wildman–Crippen LogP) is 2.54. The highest BCUT2D eigenvalue weighted by atomic mass is 16.5. The second-order valence-electron chi connectivity index (χ2n) is 4.07. The number of methoxy groups -OCH3 is 1. The second-order valence-corrected chi connectivity index (χ2v) is 4.07. The first-order valence-corrected chi connectivity index (χ1v) is 6.23. The summed E-state index contributed by atoms with van der Waals surface area (Å²) in [4.78, 5) is 4.31. The van der Waals surface area contributed by atoms with Gasteiger partial charge < -0.3 is 15.2 Å². The molecular weight excluding hydrogens is 240 g/mol. The summed E-state index contributed by atoms with van der Waals surface area (Å²) in [7, 11) is 1.61. The molecule has 19 heavy (non-hydrogen) atoms. The van der Waals surface area contributed by atoms with Crippen molar-refractivity contribution in [2.75, 3.05) is 13.7 Å². The average Bonchev–Trinajstić information content (AvgIpc) is 2.47. The molecule has 0 aliphatic heterocycles. The summed E-state index contributed by atoms with van der Waals surface area (Å²) in [6, 6.07) is 11.1. The van der Waals surface area contributed by atoms with Crippen molar-refractivity contribution in [3.63, 3.8) is 0 Å². The third-order valence-corrected chi connectivity index (χ3v) is 2.84. The average molecular weight is 258 g/mol. The Labute approximate surface area is 113 Å². The summed E-state index contributed by atoms with van der Waals surface area (Å²) < 4.78 is 10.8. The molecule has 0 radical (unpaired) electrons. The SMILES string of the molecule is CCOc1cccc(C(N)c2ncccc2OC)c1. The highest BCUT2D eigenvalue weighted by molar-refractivity contribution is 5.39. The van der Waals surface area contributed by atoms with Crippen LogP contribution in [-0.2, 0) is 0 Å². The van der Waals surface area contributed by atoms with Crippen LogP contribution in [0.5, 0.6) is 11.5 Å². The van der Waals surface area contributed by atoms with Gasteiger partial charge in [-0.25, -0.2) is 0 Å². The molecule has 4 nitrogen and oxygen atoms in total. The summed E-state index contributed by atoms with van der Waals surface area (Å²) in [6.45, 7) is 2.58. The van der Waals surface area contributed by atoms with Crippen LogP contribution < -0.4 is 15.2 Å². The molecule has 0 saturated carbocycles. The molecule has 0 spiro atoms. The van der Waals surface area contributed by atoms with Crippen molar-refractivity contribution in [2.24, 2.45) is 5.73 Å². The molecule has 0 bridgehead atoms. The van der Waals surface area contributed by atoms with Gasteiger partial charge in [-0.3, -0.25) is 4.98 Å². The number of ether oxygens (including phenoxy) is 2. The molecule has 2 rings (SSSR count). The van der Waals surface area contributed by atoms with E-state index in [0.717, 1.165) is 17.0 Å². The smallest absolute Gasteiger partial charge is 0.142 e. The molecule has 0 aliphatic carbocycles. The predicted molar refractivity (Wildman–Crippen MR) is 74.4 cm³/mol. The first-order chi connectivity index (χ1) is 9.26. The summed E-state index contributed by atoms with van der Waals surface area (Å²) in [5.41, 5.74) is 7.93. The number of hydrogen-bond donors (Lipinski definition) is 1. The van der Waals surface area contributed by atoms with Gasteiger partial charge in [-0.1, -0.05) is 12.1 Å². The number of pyridine rings is 1. The standard InChI is InChI=1S/C15H18N2O2/c1-3-19-12-7-4-6-11(10-12)14(16)15-13(18-2)8-5-9-17-15/h4-10,14H,3,16H2,1-2H3. The van der Waals surface area contributed by atoms with Crippen LogP contribution in [0.15, 0.2) is 42.6 Å². The van der Waals surface area contributed by atoms with Crippen LogP contribution in [0.4, 0.5) is 0 Å². The fourth-order valence-electron chi connectivity index (χ4n) is 1.93. The molecule has 0 aliphatic rings. The highest BCUT2D eigenvalue weighted by Crippen LogP contribution is 2.27. The Morgan fingerprint density at radius 2 is 2.11 bits per heavy atom.